The Balaban J connectivity index is 2.60. The highest BCUT2D eigenvalue weighted by atomic mass is 15.2. The maximum absolute atomic E-state index is 4.29. The summed E-state index contributed by atoms with van der Waals surface area (Å²) < 4.78 is 0. The zero-order chi connectivity index (χ0) is 9.68. The Morgan fingerprint density at radius 1 is 1.54 bits per heavy atom. The minimum Gasteiger partial charge on any atom is -0.358 e. The van der Waals surface area contributed by atoms with E-state index in [9.17, 15) is 0 Å². The van der Waals surface area contributed by atoms with E-state index in [2.05, 4.69) is 35.2 Å². The first-order valence-electron chi connectivity index (χ1n) is 4.52. The molecule has 0 atom stereocenters. The third kappa shape index (κ3) is 3.03. The number of hydrogen-bond donors (Lipinski definition) is 1. The monoisotopic (exact) mass is 179 g/mol. The van der Waals surface area contributed by atoms with E-state index in [4.69, 9.17) is 0 Å². The molecule has 1 aromatic heterocycles. The highest BCUT2D eigenvalue weighted by molar-refractivity contribution is 5.39. The van der Waals surface area contributed by atoms with Crippen LogP contribution in [0.4, 0.5) is 5.82 Å². The molecule has 0 aliphatic rings. The number of aromatic nitrogens is 1. The molecule has 1 heterocycles. The van der Waals surface area contributed by atoms with E-state index in [0.717, 1.165) is 18.9 Å². The molecule has 1 N–H and O–H groups in total. The quantitative estimate of drug-likeness (QED) is 0.748. The van der Waals surface area contributed by atoms with Crippen LogP contribution in [0.1, 0.15) is 5.56 Å². The molecule has 72 valence electrons. The number of anilines is 1. The number of likely N-dealkylation sites (N-methyl/N-ethyl adjacent to an activating group) is 2. The number of aryl methyl sites for hydroxylation is 1. The van der Waals surface area contributed by atoms with Crippen molar-refractivity contribution in [3.8, 4) is 0 Å². The molecule has 0 aliphatic carbocycles. The van der Waals surface area contributed by atoms with Gasteiger partial charge in [0, 0.05) is 26.3 Å². The Morgan fingerprint density at radius 3 is 2.92 bits per heavy atom. The molecule has 0 amide bonds. The lowest BCUT2D eigenvalue weighted by Gasteiger charge is -2.17. The molecule has 0 saturated heterocycles. The smallest absolute Gasteiger partial charge is 0.128 e. The maximum Gasteiger partial charge on any atom is 0.128 e. The molecular formula is C10H17N3. The molecule has 0 radical (unpaired) electrons. The summed E-state index contributed by atoms with van der Waals surface area (Å²) in [6.45, 7) is 4.04. The summed E-state index contributed by atoms with van der Waals surface area (Å²) in [5.74, 6) is 1.04. The van der Waals surface area contributed by atoms with Crippen molar-refractivity contribution in [2.24, 2.45) is 0 Å². The van der Waals surface area contributed by atoms with Crippen LogP contribution in [-0.4, -0.2) is 32.2 Å². The standard InChI is InChI=1S/C10H17N3/c1-9-4-5-12-10(8-9)13(3)7-6-11-2/h4-5,8,11H,6-7H2,1-3H3. The van der Waals surface area contributed by atoms with E-state index in [1.807, 2.05) is 19.3 Å². The van der Waals surface area contributed by atoms with Crippen molar-refractivity contribution in [3.05, 3.63) is 23.9 Å². The zero-order valence-corrected chi connectivity index (χ0v) is 8.54. The molecule has 1 aromatic rings. The molecule has 0 spiro atoms. The SMILES string of the molecule is CNCCN(C)c1cc(C)ccn1. The summed E-state index contributed by atoms with van der Waals surface area (Å²) >= 11 is 0. The highest BCUT2D eigenvalue weighted by Crippen LogP contribution is 2.09. The fourth-order valence-corrected chi connectivity index (χ4v) is 1.12. The molecule has 3 heteroatoms. The number of nitrogens with zero attached hydrogens (tertiary/aromatic N) is 2. The summed E-state index contributed by atoms with van der Waals surface area (Å²) in [5.41, 5.74) is 1.25. The first kappa shape index (κ1) is 9.99. The van der Waals surface area contributed by atoms with Crippen molar-refractivity contribution >= 4 is 5.82 Å². The van der Waals surface area contributed by atoms with Crippen molar-refractivity contribution in [2.75, 3.05) is 32.1 Å². The van der Waals surface area contributed by atoms with Crippen molar-refractivity contribution in [2.45, 2.75) is 6.92 Å². The Morgan fingerprint density at radius 2 is 2.31 bits per heavy atom. The van der Waals surface area contributed by atoms with Gasteiger partial charge in [0.25, 0.3) is 0 Å². The lowest BCUT2D eigenvalue weighted by Crippen LogP contribution is -2.27. The van der Waals surface area contributed by atoms with Gasteiger partial charge in [0.05, 0.1) is 0 Å². The van der Waals surface area contributed by atoms with Gasteiger partial charge in [0.15, 0.2) is 0 Å². The van der Waals surface area contributed by atoms with Crippen LogP contribution in [0, 0.1) is 6.92 Å². The van der Waals surface area contributed by atoms with Crippen molar-refractivity contribution in [1.82, 2.24) is 10.3 Å². The number of rotatable bonds is 4. The molecule has 0 unspecified atom stereocenters. The summed E-state index contributed by atoms with van der Waals surface area (Å²) in [7, 11) is 4.01. The van der Waals surface area contributed by atoms with E-state index in [-0.39, 0.29) is 0 Å². The average molecular weight is 179 g/mol. The van der Waals surface area contributed by atoms with Crippen LogP contribution in [0.5, 0.6) is 0 Å². The predicted octanol–water partition coefficient (Wildman–Crippen LogP) is 1.05. The van der Waals surface area contributed by atoms with Gasteiger partial charge in [0.2, 0.25) is 0 Å². The van der Waals surface area contributed by atoms with Gasteiger partial charge in [0.1, 0.15) is 5.82 Å². The Labute approximate surface area is 79.8 Å². The second-order valence-corrected chi connectivity index (χ2v) is 3.22. The van der Waals surface area contributed by atoms with E-state index >= 15 is 0 Å². The molecule has 3 nitrogen and oxygen atoms in total. The highest BCUT2D eigenvalue weighted by Gasteiger charge is 2.00. The van der Waals surface area contributed by atoms with E-state index in [0.29, 0.717) is 0 Å². The first-order valence-corrected chi connectivity index (χ1v) is 4.52. The van der Waals surface area contributed by atoms with Gasteiger partial charge in [-0.3, -0.25) is 0 Å². The first-order chi connectivity index (χ1) is 6.24. The minimum atomic E-state index is 0.978. The van der Waals surface area contributed by atoms with Gasteiger partial charge >= 0.3 is 0 Å². The second kappa shape index (κ2) is 4.82. The predicted molar refractivity (Wildman–Crippen MR) is 56.2 cm³/mol. The number of nitrogens with one attached hydrogen (secondary N) is 1. The molecule has 0 bridgehead atoms. The third-order valence-corrected chi connectivity index (χ3v) is 1.99. The van der Waals surface area contributed by atoms with Gasteiger partial charge in [-0.1, -0.05) is 0 Å². The van der Waals surface area contributed by atoms with Gasteiger partial charge in [-0.25, -0.2) is 4.98 Å². The van der Waals surface area contributed by atoms with Crippen molar-refractivity contribution < 1.29 is 0 Å². The van der Waals surface area contributed by atoms with Gasteiger partial charge < -0.3 is 10.2 Å². The van der Waals surface area contributed by atoms with Crippen molar-refractivity contribution in [3.63, 3.8) is 0 Å². The molecule has 0 aromatic carbocycles. The molecular weight excluding hydrogens is 162 g/mol. The molecule has 1 rings (SSSR count). The van der Waals surface area contributed by atoms with Crippen LogP contribution in [-0.2, 0) is 0 Å². The van der Waals surface area contributed by atoms with Crippen LogP contribution in [0.2, 0.25) is 0 Å². The molecule has 0 aliphatic heterocycles. The largest absolute Gasteiger partial charge is 0.358 e. The van der Waals surface area contributed by atoms with E-state index < -0.39 is 0 Å². The average Bonchev–Trinajstić information content (AvgIpc) is 2.14. The number of pyridine rings is 1. The zero-order valence-electron chi connectivity index (χ0n) is 8.54. The van der Waals surface area contributed by atoms with E-state index in [1.54, 1.807) is 0 Å². The van der Waals surface area contributed by atoms with Crippen LogP contribution in [0.15, 0.2) is 18.3 Å². The minimum absolute atomic E-state index is 0.978. The topological polar surface area (TPSA) is 28.2 Å². The lowest BCUT2D eigenvalue weighted by molar-refractivity contribution is 0.761. The fraction of sp³-hybridized carbons (Fsp3) is 0.500. The lowest BCUT2D eigenvalue weighted by atomic mass is 10.3. The molecule has 0 fully saturated rings. The molecule has 0 saturated carbocycles. The summed E-state index contributed by atoms with van der Waals surface area (Å²) in [5, 5.41) is 3.11. The van der Waals surface area contributed by atoms with Gasteiger partial charge in [-0.15, -0.1) is 0 Å². The van der Waals surface area contributed by atoms with Crippen LogP contribution < -0.4 is 10.2 Å². The second-order valence-electron chi connectivity index (χ2n) is 3.22. The Kier molecular flexibility index (Phi) is 3.71. The summed E-state index contributed by atoms with van der Waals surface area (Å²) in [6.07, 6.45) is 1.85. The van der Waals surface area contributed by atoms with Gasteiger partial charge in [-0.2, -0.15) is 0 Å². The van der Waals surface area contributed by atoms with Crippen LogP contribution in [0.3, 0.4) is 0 Å². The van der Waals surface area contributed by atoms with Gasteiger partial charge in [-0.05, 0) is 31.7 Å². The maximum atomic E-state index is 4.29. The fourth-order valence-electron chi connectivity index (χ4n) is 1.12. The summed E-state index contributed by atoms with van der Waals surface area (Å²) in [4.78, 5) is 6.43. The van der Waals surface area contributed by atoms with Crippen LogP contribution in [0.25, 0.3) is 0 Å². The number of hydrogen-bond acceptors (Lipinski definition) is 3. The summed E-state index contributed by atoms with van der Waals surface area (Å²) in [6, 6.07) is 4.10. The Bertz CT molecular complexity index is 260. The third-order valence-electron chi connectivity index (χ3n) is 1.99. The van der Waals surface area contributed by atoms with E-state index in [1.165, 1.54) is 5.56 Å². The molecule has 13 heavy (non-hydrogen) atoms. The van der Waals surface area contributed by atoms with Crippen LogP contribution >= 0.6 is 0 Å². The van der Waals surface area contributed by atoms with Crippen molar-refractivity contribution in [1.29, 1.82) is 0 Å². The normalized spacial score (nSPS) is 10.1. The Hall–Kier alpha value is -1.09.